The zero-order valence-corrected chi connectivity index (χ0v) is 51.9. The summed E-state index contributed by atoms with van der Waals surface area (Å²) in [7, 11) is 0. The summed E-state index contributed by atoms with van der Waals surface area (Å²) in [6.45, 7) is 17.4. The van der Waals surface area contributed by atoms with Gasteiger partial charge >= 0.3 is 0 Å². The molecule has 86 heavy (non-hydrogen) atoms. The summed E-state index contributed by atoms with van der Waals surface area (Å²) >= 11 is 0. The average molecular weight is 1120 g/mol. The van der Waals surface area contributed by atoms with E-state index in [2.05, 4.69) is 347 Å². The summed E-state index contributed by atoms with van der Waals surface area (Å²) in [5, 5.41) is 0. The van der Waals surface area contributed by atoms with Crippen LogP contribution in [0.3, 0.4) is 0 Å². The van der Waals surface area contributed by atoms with E-state index in [4.69, 9.17) is 0 Å². The van der Waals surface area contributed by atoms with Crippen LogP contribution in [0, 0.1) is 34.6 Å². The summed E-state index contributed by atoms with van der Waals surface area (Å²) in [6.07, 6.45) is 4.54. The van der Waals surface area contributed by atoms with E-state index in [0.717, 1.165) is 12.8 Å². The zero-order chi connectivity index (χ0) is 60.1. The predicted octanol–water partition coefficient (Wildman–Crippen LogP) is 23.4. The normalized spacial score (nSPS) is 11.7. The number of hydrogen-bond acceptors (Lipinski definition) is 0. The van der Waals surface area contributed by atoms with E-state index in [9.17, 15) is 0 Å². The Labute approximate surface area is 515 Å². The molecule has 1 aliphatic rings. The van der Waals surface area contributed by atoms with Crippen molar-refractivity contribution < 1.29 is 0 Å². The second-order valence-corrected chi connectivity index (χ2v) is 23.0. The summed E-state index contributed by atoms with van der Waals surface area (Å²) < 4.78 is 0. The number of fused-ring (bicyclic) bond motifs is 3. The van der Waals surface area contributed by atoms with Gasteiger partial charge in [-0.05, 0) is 160 Å². The Balaban J connectivity index is 0.000000136. The van der Waals surface area contributed by atoms with Gasteiger partial charge in [-0.3, -0.25) is 0 Å². The first-order chi connectivity index (χ1) is 42.0. The SMILES string of the molecule is CCC(C)c1ccc2c(c1)-c1ccccc1C2(c1ccccc1)c1ccccc1.CCCc1ccc(-c2ccc(C)cc2)cc1.Cc1ccc(-c2ccc(Cc3ccccc3)cc2)cc1.Cc1ccccc1.Cc1ccccc1-c1ccccc1C. The van der Waals surface area contributed by atoms with Gasteiger partial charge in [-0.1, -0.05) is 353 Å². The van der Waals surface area contributed by atoms with Gasteiger partial charge in [0, 0.05) is 0 Å². The molecule has 0 saturated carbocycles. The van der Waals surface area contributed by atoms with Crippen LogP contribution in [0.15, 0.2) is 309 Å². The Hall–Kier alpha value is -9.36. The molecule has 428 valence electrons. The maximum Gasteiger partial charge on any atom is 0.0713 e. The van der Waals surface area contributed by atoms with Gasteiger partial charge in [-0.25, -0.2) is 0 Å². The number of hydrogen-bond donors (Lipinski definition) is 0. The minimum Gasteiger partial charge on any atom is -0.0651 e. The monoisotopic (exact) mass is 1120 g/mol. The van der Waals surface area contributed by atoms with Crippen molar-refractivity contribution in [2.75, 3.05) is 0 Å². The highest BCUT2D eigenvalue weighted by molar-refractivity contribution is 5.86. The fourth-order valence-corrected chi connectivity index (χ4v) is 11.6. The molecule has 0 spiro atoms. The molecule has 0 aromatic heterocycles. The molecule has 1 unspecified atom stereocenters. The molecule has 0 N–H and O–H groups in total. The summed E-state index contributed by atoms with van der Waals surface area (Å²) in [5.41, 5.74) is 27.9. The lowest BCUT2D eigenvalue weighted by Crippen LogP contribution is -2.28. The average Bonchev–Trinajstić information content (AvgIpc) is 1.56. The van der Waals surface area contributed by atoms with Crippen LogP contribution in [-0.4, -0.2) is 0 Å². The Kier molecular flexibility index (Phi) is 21.7. The number of aryl methyl sites for hydroxylation is 6. The minimum atomic E-state index is -0.275. The number of rotatable bonds is 11. The quantitative estimate of drug-likeness (QED) is 0.121. The highest BCUT2D eigenvalue weighted by Crippen LogP contribution is 2.56. The lowest BCUT2D eigenvalue weighted by Gasteiger charge is -2.34. The summed E-state index contributed by atoms with van der Waals surface area (Å²) in [6, 6.07) is 111. The van der Waals surface area contributed by atoms with Crippen LogP contribution in [0.5, 0.6) is 0 Å². The van der Waals surface area contributed by atoms with Crippen molar-refractivity contribution in [3.8, 4) is 44.5 Å². The van der Waals surface area contributed by atoms with E-state index in [1.807, 2.05) is 18.2 Å². The second-order valence-electron chi connectivity index (χ2n) is 23.0. The third-order valence-electron chi connectivity index (χ3n) is 16.7. The standard InChI is InChI=1S/C29H26.C20H18.C16H18.C14H14.C7H8/c1-3-21(2)22-18-19-28-26(20-22)25-16-10-11-17-27(25)29(28,23-12-6-4-7-13-23)24-14-8-5-9-15-24;1-16-7-11-19(12-8-16)20-13-9-18(10-14-20)15-17-5-3-2-4-6-17;1-3-4-14-7-11-16(12-8-14)15-9-5-13(2)6-10-15;1-11-7-3-5-9-13(11)14-10-6-4-8-12(14)2;1-7-5-3-2-4-6-7/h4-21H,3H2,1-2H3;2-14H,15H2,1H3;5-12H,3-4H2,1-2H3;3-10H,1-2H3;2-6H,1H3. The molecule has 0 radical (unpaired) electrons. The third-order valence-corrected chi connectivity index (χ3v) is 16.7. The van der Waals surface area contributed by atoms with Crippen molar-refractivity contribution >= 4 is 0 Å². The van der Waals surface area contributed by atoms with Crippen LogP contribution in [0.4, 0.5) is 0 Å². The molecular weight excluding hydrogens is 1030 g/mol. The molecule has 0 aliphatic heterocycles. The molecular formula is C86H84. The minimum absolute atomic E-state index is 0.275. The molecule has 12 aromatic carbocycles. The van der Waals surface area contributed by atoms with Gasteiger partial charge in [-0.15, -0.1) is 0 Å². The first kappa shape index (κ1) is 61.2. The number of benzene rings is 12. The van der Waals surface area contributed by atoms with Gasteiger partial charge in [-0.2, -0.15) is 0 Å². The van der Waals surface area contributed by atoms with Crippen molar-refractivity contribution in [1.29, 1.82) is 0 Å². The maximum absolute atomic E-state index is 2.44. The fraction of sp³-hybridized carbons (Fsp3) is 0.163. The molecule has 0 saturated heterocycles. The van der Waals surface area contributed by atoms with Crippen LogP contribution in [0.1, 0.15) is 112 Å². The van der Waals surface area contributed by atoms with Crippen molar-refractivity contribution in [2.45, 2.75) is 92.4 Å². The third kappa shape index (κ3) is 15.5. The van der Waals surface area contributed by atoms with Crippen LogP contribution in [0.25, 0.3) is 44.5 Å². The molecule has 0 bridgehead atoms. The van der Waals surface area contributed by atoms with E-state index in [1.165, 1.54) is 130 Å². The maximum atomic E-state index is 2.44. The molecule has 1 atom stereocenters. The topological polar surface area (TPSA) is 0 Å². The summed E-state index contributed by atoms with van der Waals surface area (Å²) in [5.74, 6) is 0.566. The van der Waals surface area contributed by atoms with Gasteiger partial charge in [0.05, 0.1) is 5.41 Å². The van der Waals surface area contributed by atoms with E-state index in [-0.39, 0.29) is 5.41 Å². The first-order valence-electron chi connectivity index (χ1n) is 30.9. The van der Waals surface area contributed by atoms with Crippen LogP contribution >= 0.6 is 0 Å². The van der Waals surface area contributed by atoms with Crippen molar-refractivity contribution in [2.24, 2.45) is 0 Å². The fourth-order valence-electron chi connectivity index (χ4n) is 11.6. The first-order valence-corrected chi connectivity index (χ1v) is 30.9. The van der Waals surface area contributed by atoms with Crippen molar-refractivity contribution in [1.82, 2.24) is 0 Å². The lowest BCUT2D eigenvalue weighted by molar-refractivity contribution is 0.730. The molecule has 1 aliphatic carbocycles. The smallest absolute Gasteiger partial charge is 0.0651 e. The lowest BCUT2D eigenvalue weighted by atomic mass is 9.67. The van der Waals surface area contributed by atoms with Gasteiger partial charge < -0.3 is 0 Å². The molecule has 0 nitrogen and oxygen atoms in total. The molecule has 0 heteroatoms. The molecule has 0 fully saturated rings. The van der Waals surface area contributed by atoms with Crippen LogP contribution < -0.4 is 0 Å². The Morgan fingerprint density at radius 1 is 0.302 bits per heavy atom. The van der Waals surface area contributed by atoms with Gasteiger partial charge in [0.1, 0.15) is 0 Å². The Morgan fingerprint density at radius 2 is 0.663 bits per heavy atom. The van der Waals surface area contributed by atoms with Gasteiger partial charge in [0.25, 0.3) is 0 Å². The van der Waals surface area contributed by atoms with E-state index < -0.39 is 0 Å². The Bertz CT molecular complexity index is 3870. The van der Waals surface area contributed by atoms with E-state index in [0.29, 0.717) is 5.92 Å². The molecule has 12 aromatic rings. The zero-order valence-electron chi connectivity index (χ0n) is 51.9. The van der Waals surface area contributed by atoms with Gasteiger partial charge in [0.15, 0.2) is 0 Å². The van der Waals surface area contributed by atoms with Crippen LogP contribution in [-0.2, 0) is 18.3 Å². The molecule has 0 heterocycles. The predicted molar refractivity (Wildman–Crippen MR) is 371 cm³/mol. The largest absolute Gasteiger partial charge is 0.0713 e. The molecule has 0 amide bonds. The highest BCUT2D eigenvalue weighted by atomic mass is 14.5. The Morgan fingerprint density at radius 3 is 1.09 bits per heavy atom. The second kappa shape index (κ2) is 30.4. The van der Waals surface area contributed by atoms with E-state index >= 15 is 0 Å². The van der Waals surface area contributed by atoms with Crippen molar-refractivity contribution in [3.63, 3.8) is 0 Å². The highest BCUT2D eigenvalue weighted by Gasteiger charge is 2.46. The summed E-state index contributed by atoms with van der Waals surface area (Å²) in [4.78, 5) is 0. The van der Waals surface area contributed by atoms with Gasteiger partial charge in [0.2, 0.25) is 0 Å². The van der Waals surface area contributed by atoms with Crippen LogP contribution in [0.2, 0.25) is 0 Å². The van der Waals surface area contributed by atoms with E-state index in [1.54, 1.807) is 0 Å². The van der Waals surface area contributed by atoms with Crippen molar-refractivity contribution in [3.05, 3.63) is 382 Å². The molecule has 13 rings (SSSR count).